The maximum atomic E-state index is 12.5. The Kier molecular flexibility index (Phi) is 6.34. The van der Waals surface area contributed by atoms with Crippen molar-refractivity contribution in [1.29, 1.82) is 0 Å². The van der Waals surface area contributed by atoms with Gasteiger partial charge in [0.25, 0.3) is 10.0 Å². The van der Waals surface area contributed by atoms with Gasteiger partial charge in [-0.1, -0.05) is 19.9 Å². The summed E-state index contributed by atoms with van der Waals surface area (Å²) in [6, 6.07) is 0.238. The highest BCUT2D eigenvalue weighted by Crippen LogP contribution is 2.17. The van der Waals surface area contributed by atoms with E-state index in [9.17, 15) is 8.42 Å². The fourth-order valence-electron chi connectivity index (χ4n) is 1.66. The van der Waals surface area contributed by atoms with E-state index in [0.717, 1.165) is 4.31 Å². The first-order valence-electron chi connectivity index (χ1n) is 6.41. The molecule has 0 aliphatic carbocycles. The summed E-state index contributed by atoms with van der Waals surface area (Å²) in [5.41, 5.74) is 0.575. The Morgan fingerprint density at radius 2 is 2.30 bits per heavy atom. The Hall–Kier alpha value is -1.22. The average Bonchev–Trinajstić information content (AvgIpc) is 2.85. The smallest absolute Gasteiger partial charge is 0.260 e. The summed E-state index contributed by atoms with van der Waals surface area (Å²) >= 11 is 0. The standard InChI is InChI=1S/C12H22N4O3S/c1-4-5-16(6-7-17)20(18,19)12-11(9-14-15-12)8-13-10(2)3/h4,9-10,13,17H,1,5-8H2,2-3H3,(H,14,15). The van der Waals surface area contributed by atoms with Crippen LogP contribution in [0, 0.1) is 0 Å². The Bertz CT molecular complexity index is 525. The van der Waals surface area contributed by atoms with Crippen LogP contribution in [-0.2, 0) is 16.6 Å². The van der Waals surface area contributed by atoms with Crippen molar-refractivity contribution >= 4 is 10.0 Å². The van der Waals surface area contributed by atoms with Crippen LogP contribution in [0.15, 0.2) is 23.9 Å². The molecule has 20 heavy (non-hydrogen) atoms. The van der Waals surface area contributed by atoms with Crippen molar-refractivity contribution in [3.63, 3.8) is 0 Å². The Morgan fingerprint density at radius 3 is 2.85 bits per heavy atom. The summed E-state index contributed by atoms with van der Waals surface area (Å²) in [4.78, 5) is 0. The molecule has 0 bridgehead atoms. The van der Waals surface area contributed by atoms with Crippen molar-refractivity contribution in [2.75, 3.05) is 19.7 Å². The molecule has 1 rings (SSSR count). The third-order valence-corrected chi connectivity index (χ3v) is 4.54. The molecule has 0 saturated carbocycles. The second kappa shape index (κ2) is 7.53. The fourth-order valence-corrected chi connectivity index (χ4v) is 3.16. The van der Waals surface area contributed by atoms with Crippen molar-refractivity contribution in [3.05, 3.63) is 24.4 Å². The molecule has 0 spiro atoms. The Balaban J connectivity index is 3.01. The van der Waals surface area contributed by atoms with E-state index in [4.69, 9.17) is 5.11 Å². The number of aromatic nitrogens is 2. The van der Waals surface area contributed by atoms with Crippen LogP contribution in [0.5, 0.6) is 0 Å². The molecule has 0 aliphatic heterocycles. The minimum Gasteiger partial charge on any atom is -0.395 e. The molecule has 3 N–H and O–H groups in total. The molecule has 0 saturated heterocycles. The van der Waals surface area contributed by atoms with Crippen LogP contribution in [0.4, 0.5) is 0 Å². The molecule has 0 aliphatic rings. The summed E-state index contributed by atoms with van der Waals surface area (Å²) in [7, 11) is -3.72. The van der Waals surface area contributed by atoms with E-state index < -0.39 is 10.0 Å². The zero-order chi connectivity index (χ0) is 15.2. The van der Waals surface area contributed by atoms with Crippen molar-refractivity contribution in [2.24, 2.45) is 0 Å². The molecule has 114 valence electrons. The third-order valence-electron chi connectivity index (χ3n) is 2.66. The average molecular weight is 302 g/mol. The minimum absolute atomic E-state index is 0.0183. The zero-order valence-corrected chi connectivity index (χ0v) is 12.7. The molecule has 8 heteroatoms. The van der Waals surface area contributed by atoms with Gasteiger partial charge in [0.15, 0.2) is 5.03 Å². The topological polar surface area (TPSA) is 98.3 Å². The van der Waals surface area contributed by atoms with Crippen LogP contribution in [-0.4, -0.2) is 53.8 Å². The number of nitrogens with one attached hydrogen (secondary N) is 2. The van der Waals surface area contributed by atoms with Gasteiger partial charge in [0.1, 0.15) is 0 Å². The van der Waals surface area contributed by atoms with Crippen LogP contribution in [0.3, 0.4) is 0 Å². The highest BCUT2D eigenvalue weighted by molar-refractivity contribution is 7.89. The summed E-state index contributed by atoms with van der Waals surface area (Å²) in [6.07, 6.45) is 2.98. The second-order valence-corrected chi connectivity index (χ2v) is 6.51. The van der Waals surface area contributed by atoms with Crippen LogP contribution in [0.2, 0.25) is 0 Å². The first-order chi connectivity index (χ1) is 9.43. The van der Waals surface area contributed by atoms with Gasteiger partial charge >= 0.3 is 0 Å². The van der Waals surface area contributed by atoms with Gasteiger partial charge in [-0.25, -0.2) is 8.42 Å². The van der Waals surface area contributed by atoms with Gasteiger partial charge in [0.05, 0.1) is 12.8 Å². The number of aromatic amines is 1. The zero-order valence-electron chi connectivity index (χ0n) is 11.8. The molecule has 1 aromatic heterocycles. The number of hydrogen-bond acceptors (Lipinski definition) is 5. The van der Waals surface area contributed by atoms with Crippen molar-refractivity contribution in [2.45, 2.75) is 31.5 Å². The summed E-state index contributed by atoms with van der Waals surface area (Å²) in [5, 5.41) is 18.5. The molecule has 0 fully saturated rings. The number of rotatable bonds is 9. The molecule has 0 atom stereocenters. The van der Waals surface area contributed by atoms with Crippen molar-refractivity contribution in [3.8, 4) is 0 Å². The van der Waals surface area contributed by atoms with E-state index in [1.54, 1.807) is 0 Å². The van der Waals surface area contributed by atoms with Crippen LogP contribution in [0.1, 0.15) is 19.4 Å². The fraction of sp³-hybridized carbons (Fsp3) is 0.583. The van der Waals surface area contributed by atoms with Gasteiger partial charge in [-0.2, -0.15) is 9.40 Å². The summed E-state index contributed by atoms with van der Waals surface area (Å²) < 4.78 is 26.2. The van der Waals surface area contributed by atoms with Crippen LogP contribution >= 0.6 is 0 Å². The van der Waals surface area contributed by atoms with E-state index in [0.29, 0.717) is 12.1 Å². The van der Waals surface area contributed by atoms with Crippen molar-refractivity contribution < 1.29 is 13.5 Å². The van der Waals surface area contributed by atoms with Gasteiger partial charge < -0.3 is 10.4 Å². The van der Waals surface area contributed by atoms with Gasteiger partial charge in [0.2, 0.25) is 0 Å². The minimum atomic E-state index is -3.72. The molecular formula is C12H22N4O3S. The lowest BCUT2D eigenvalue weighted by Crippen LogP contribution is -2.35. The predicted octanol–water partition coefficient (Wildman–Crippen LogP) is 0.0767. The number of sulfonamides is 1. The molecule has 0 aromatic carbocycles. The third kappa shape index (κ3) is 4.14. The Morgan fingerprint density at radius 1 is 1.60 bits per heavy atom. The van der Waals surface area contributed by atoms with E-state index in [-0.39, 0.29) is 30.8 Å². The van der Waals surface area contributed by atoms with Crippen LogP contribution < -0.4 is 5.32 Å². The highest BCUT2D eigenvalue weighted by Gasteiger charge is 2.27. The van der Waals surface area contributed by atoms with E-state index in [1.807, 2.05) is 13.8 Å². The Labute approximate surface area is 119 Å². The molecular weight excluding hydrogens is 280 g/mol. The lowest BCUT2D eigenvalue weighted by molar-refractivity contribution is 0.260. The number of aliphatic hydroxyl groups is 1. The number of hydrogen-bond donors (Lipinski definition) is 3. The first-order valence-corrected chi connectivity index (χ1v) is 7.85. The second-order valence-electron chi connectivity index (χ2n) is 4.64. The number of aliphatic hydroxyl groups excluding tert-OH is 1. The van der Waals surface area contributed by atoms with Gasteiger partial charge in [-0.05, 0) is 0 Å². The lowest BCUT2D eigenvalue weighted by Gasteiger charge is -2.19. The van der Waals surface area contributed by atoms with Crippen molar-refractivity contribution in [1.82, 2.24) is 19.8 Å². The molecule has 1 aromatic rings. The highest BCUT2D eigenvalue weighted by atomic mass is 32.2. The summed E-state index contributed by atoms with van der Waals surface area (Å²) in [6.45, 7) is 7.80. The predicted molar refractivity (Wildman–Crippen MR) is 76.6 cm³/mol. The van der Waals surface area contributed by atoms with E-state index in [1.165, 1.54) is 12.3 Å². The maximum Gasteiger partial charge on any atom is 0.260 e. The lowest BCUT2D eigenvalue weighted by atomic mass is 10.3. The van der Waals surface area contributed by atoms with Gasteiger partial charge in [-0.3, -0.25) is 5.10 Å². The van der Waals surface area contributed by atoms with Gasteiger partial charge in [-0.15, -0.1) is 6.58 Å². The summed E-state index contributed by atoms with van der Waals surface area (Å²) in [5.74, 6) is 0. The maximum absolute atomic E-state index is 12.5. The monoisotopic (exact) mass is 302 g/mol. The number of H-pyrrole nitrogens is 1. The number of nitrogens with zero attached hydrogens (tertiary/aromatic N) is 2. The molecule has 7 nitrogen and oxygen atoms in total. The normalized spacial score (nSPS) is 12.2. The molecule has 0 radical (unpaired) electrons. The molecule has 1 heterocycles. The first kappa shape index (κ1) is 16.8. The van der Waals surface area contributed by atoms with Crippen LogP contribution in [0.25, 0.3) is 0 Å². The SMILES string of the molecule is C=CCN(CCO)S(=O)(=O)c1[nH]ncc1CNC(C)C. The van der Waals surface area contributed by atoms with E-state index >= 15 is 0 Å². The van der Waals surface area contributed by atoms with Gasteiger partial charge in [0, 0.05) is 31.2 Å². The van der Waals surface area contributed by atoms with E-state index in [2.05, 4.69) is 22.1 Å². The molecule has 0 amide bonds. The quantitative estimate of drug-likeness (QED) is 0.561. The molecule has 0 unspecified atom stereocenters. The largest absolute Gasteiger partial charge is 0.395 e.